The number of aromatic nitrogens is 5. The molecule has 14 nitrogen and oxygen atoms in total. The summed E-state index contributed by atoms with van der Waals surface area (Å²) in [5.74, 6) is -0.101. The molecule has 4 amide bonds. The normalized spacial score (nSPS) is 20.0. The lowest BCUT2D eigenvalue weighted by atomic mass is 10.0. The number of likely N-dealkylation sites (tertiary alicyclic amines) is 2. The van der Waals surface area contributed by atoms with Crippen molar-refractivity contribution >= 4 is 34.5 Å². The largest absolute Gasteiger partial charge is 0.380 e. The zero-order chi connectivity index (χ0) is 34.9. The van der Waals surface area contributed by atoms with Crippen molar-refractivity contribution in [2.24, 2.45) is 5.92 Å². The topological polar surface area (TPSA) is 170 Å². The molecule has 50 heavy (non-hydrogen) atoms. The Bertz CT molecular complexity index is 1890. The molecule has 264 valence electrons. The number of carbonyl (C=O) groups is 4. The Morgan fingerprint density at radius 2 is 1.50 bits per heavy atom. The van der Waals surface area contributed by atoms with E-state index in [1.54, 1.807) is 15.9 Å². The second kappa shape index (κ2) is 14.1. The molecule has 4 aromatic rings. The van der Waals surface area contributed by atoms with Crippen LogP contribution in [0.5, 0.6) is 0 Å². The Morgan fingerprint density at radius 1 is 0.860 bits per heavy atom. The number of aromatic amines is 2. The van der Waals surface area contributed by atoms with Crippen molar-refractivity contribution in [1.29, 1.82) is 0 Å². The van der Waals surface area contributed by atoms with Crippen LogP contribution in [-0.2, 0) is 16.1 Å². The van der Waals surface area contributed by atoms with Gasteiger partial charge in [-0.2, -0.15) is 10.2 Å². The first kappa shape index (κ1) is 33.5. The van der Waals surface area contributed by atoms with Crippen LogP contribution in [0.3, 0.4) is 0 Å². The number of hydrogen-bond acceptors (Lipinski definition) is 7. The van der Waals surface area contributed by atoms with Gasteiger partial charge in [0.1, 0.15) is 11.4 Å². The maximum atomic E-state index is 13.2. The van der Waals surface area contributed by atoms with Crippen molar-refractivity contribution in [3.8, 4) is 0 Å². The van der Waals surface area contributed by atoms with E-state index in [4.69, 9.17) is 4.74 Å². The molecule has 14 heteroatoms. The zero-order valence-corrected chi connectivity index (χ0v) is 28.8. The maximum Gasteiger partial charge on any atom is 0.274 e. The van der Waals surface area contributed by atoms with Crippen molar-refractivity contribution in [2.75, 3.05) is 39.4 Å². The monoisotopic (exact) mass is 683 g/mol. The van der Waals surface area contributed by atoms with Gasteiger partial charge in [-0.25, -0.2) is 0 Å². The number of rotatable bonds is 11. The van der Waals surface area contributed by atoms with Crippen LogP contribution in [0.1, 0.15) is 94.6 Å². The molecule has 0 bridgehead atoms. The fraction of sp³-hybridized carbons (Fsp3) is 0.500. The number of H-pyrrole nitrogens is 2. The second-order valence-electron chi connectivity index (χ2n) is 14.2. The SMILES string of the molecule is CC(C)c1cc(C(=O)N2CCC(NC(=O)c3ccc4c(ccn4CCC(C)c4cc(C(=O)N5CCC(NC(=O)C6COC6)C5)n[nH]4)c3)C2)n[nH]1. The highest BCUT2D eigenvalue weighted by Crippen LogP contribution is 2.24. The van der Waals surface area contributed by atoms with Gasteiger partial charge in [-0.3, -0.25) is 29.4 Å². The van der Waals surface area contributed by atoms with Crippen LogP contribution in [0, 0.1) is 5.92 Å². The molecule has 3 aliphatic heterocycles. The molecule has 3 unspecified atom stereocenters. The van der Waals surface area contributed by atoms with Crippen LogP contribution >= 0.6 is 0 Å². The smallest absolute Gasteiger partial charge is 0.274 e. The van der Waals surface area contributed by atoms with Gasteiger partial charge in [0.05, 0.1) is 19.1 Å². The molecule has 3 aliphatic rings. The highest BCUT2D eigenvalue weighted by molar-refractivity contribution is 5.98. The number of hydrogen-bond donors (Lipinski definition) is 4. The van der Waals surface area contributed by atoms with E-state index < -0.39 is 0 Å². The lowest BCUT2D eigenvalue weighted by Gasteiger charge is -2.26. The van der Waals surface area contributed by atoms with Crippen molar-refractivity contribution in [3.05, 3.63) is 70.9 Å². The van der Waals surface area contributed by atoms with Crippen LogP contribution in [-0.4, -0.2) is 110 Å². The Balaban J connectivity index is 0.890. The summed E-state index contributed by atoms with van der Waals surface area (Å²) in [6.07, 6.45) is 4.26. The number of amides is 4. The summed E-state index contributed by atoms with van der Waals surface area (Å²) in [6, 6.07) is 11.2. The van der Waals surface area contributed by atoms with Crippen LogP contribution in [0.2, 0.25) is 0 Å². The molecule has 0 saturated carbocycles. The van der Waals surface area contributed by atoms with Gasteiger partial charge in [0.25, 0.3) is 17.7 Å². The average Bonchev–Trinajstić information content (AvgIpc) is 3.91. The summed E-state index contributed by atoms with van der Waals surface area (Å²) in [6.45, 7) is 9.96. The Labute approximate surface area is 290 Å². The van der Waals surface area contributed by atoms with Gasteiger partial charge in [-0.15, -0.1) is 0 Å². The minimum Gasteiger partial charge on any atom is -0.380 e. The lowest BCUT2D eigenvalue weighted by molar-refractivity contribution is -0.139. The van der Waals surface area contributed by atoms with Gasteiger partial charge in [-0.05, 0) is 67.5 Å². The summed E-state index contributed by atoms with van der Waals surface area (Å²) < 4.78 is 7.28. The Morgan fingerprint density at radius 3 is 2.12 bits per heavy atom. The number of benzene rings is 1. The van der Waals surface area contributed by atoms with Gasteiger partial charge in [-0.1, -0.05) is 20.8 Å². The van der Waals surface area contributed by atoms with Crippen LogP contribution in [0.25, 0.3) is 10.9 Å². The van der Waals surface area contributed by atoms with Crippen molar-refractivity contribution in [3.63, 3.8) is 0 Å². The van der Waals surface area contributed by atoms with Gasteiger partial charge < -0.3 is 29.7 Å². The van der Waals surface area contributed by atoms with E-state index in [0.717, 1.165) is 41.7 Å². The molecular formula is C36H45N9O5. The van der Waals surface area contributed by atoms with Gasteiger partial charge >= 0.3 is 0 Å². The third-order valence-electron chi connectivity index (χ3n) is 10.3. The molecule has 0 radical (unpaired) electrons. The van der Waals surface area contributed by atoms with E-state index >= 15 is 0 Å². The minimum absolute atomic E-state index is 0.00130. The van der Waals surface area contributed by atoms with E-state index in [1.807, 2.05) is 50.4 Å². The molecule has 4 N–H and O–H groups in total. The summed E-state index contributed by atoms with van der Waals surface area (Å²) in [5, 5.41) is 21.6. The van der Waals surface area contributed by atoms with E-state index in [1.165, 1.54) is 0 Å². The van der Waals surface area contributed by atoms with Crippen molar-refractivity contribution < 1.29 is 23.9 Å². The van der Waals surface area contributed by atoms with E-state index in [-0.39, 0.29) is 53.5 Å². The summed E-state index contributed by atoms with van der Waals surface area (Å²) in [7, 11) is 0. The molecular weight excluding hydrogens is 638 g/mol. The number of carbonyl (C=O) groups excluding carboxylic acids is 4. The van der Waals surface area contributed by atoms with E-state index in [9.17, 15) is 19.2 Å². The van der Waals surface area contributed by atoms with Crippen LogP contribution < -0.4 is 10.6 Å². The number of nitrogens with zero attached hydrogens (tertiary/aromatic N) is 5. The third kappa shape index (κ3) is 7.02. The third-order valence-corrected chi connectivity index (χ3v) is 10.3. The molecule has 3 atom stereocenters. The molecule has 0 spiro atoms. The predicted octanol–water partition coefficient (Wildman–Crippen LogP) is 3.03. The summed E-state index contributed by atoms with van der Waals surface area (Å²) >= 11 is 0. The number of aryl methyl sites for hydroxylation is 1. The van der Waals surface area contributed by atoms with Crippen molar-refractivity contribution in [2.45, 2.75) is 70.5 Å². The molecule has 1 aromatic carbocycles. The zero-order valence-electron chi connectivity index (χ0n) is 28.8. The van der Waals surface area contributed by atoms with Crippen LogP contribution in [0.4, 0.5) is 0 Å². The number of fused-ring (bicyclic) bond motifs is 1. The summed E-state index contributed by atoms with van der Waals surface area (Å²) in [4.78, 5) is 55.0. The fourth-order valence-corrected chi connectivity index (χ4v) is 6.89. The minimum atomic E-state index is -0.156. The first-order valence-corrected chi connectivity index (χ1v) is 17.6. The molecule has 7 rings (SSSR count). The van der Waals surface area contributed by atoms with Gasteiger partial charge in [0.2, 0.25) is 5.91 Å². The molecule has 3 saturated heterocycles. The van der Waals surface area contributed by atoms with E-state index in [2.05, 4.69) is 42.5 Å². The van der Waals surface area contributed by atoms with Gasteiger partial charge in [0.15, 0.2) is 0 Å². The average molecular weight is 684 g/mol. The standard InChI is InChI=1S/C36H45N9O5/c1-21(2)28-15-30(41-39-28)35(48)44-12-8-26(17-44)37-33(46)24-4-5-32-23(14-24)7-11-43(32)10-6-22(3)29-16-31(42-40-29)36(49)45-13-9-27(18-45)38-34(47)25-19-50-20-25/h4-5,7,11,14-16,21-22,25-27H,6,8-10,12-13,17-20H2,1-3H3,(H,37,46)(H,38,47)(H,39,41)(H,40,42). The molecule has 3 fully saturated rings. The number of nitrogens with one attached hydrogen (secondary N) is 4. The molecule has 3 aromatic heterocycles. The van der Waals surface area contributed by atoms with Crippen molar-refractivity contribution in [1.82, 2.24) is 45.4 Å². The Hall–Kier alpha value is -4.98. The van der Waals surface area contributed by atoms with Crippen LogP contribution in [0.15, 0.2) is 42.6 Å². The first-order valence-electron chi connectivity index (χ1n) is 17.6. The highest BCUT2D eigenvalue weighted by Gasteiger charge is 2.33. The quantitative estimate of drug-likeness (QED) is 0.188. The van der Waals surface area contributed by atoms with E-state index in [0.29, 0.717) is 62.8 Å². The maximum absolute atomic E-state index is 13.2. The molecule has 6 heterocycles. The first-order chi connectivity index (χ1) is 24.1. The number of ether oxygens (including phenoxy) is 1. The highest BCUT2D eigenvalue weighted by atomic mass is 16.5. The second-order valence-corrected chi connectivity index (χ2v) is 14.2. The molecule has 0 aliphatic carbocycles. The summed E-state index contributed by atoms with van der Waals surface area (Å²) in [5.41, 5.74) is 4.23. The van der Waals surface area contributed by atoms with Gasteiger partial charge in [0, 0.05) is 78.9 Å². The Kier molecular flexibility index (Phi) is 9.45. The predicted molar refractivity (Wildman–Crippen MR) is 185 cm³/mol. The lowest BCUT2D eigenvalue weighted by Crippen LogP contribution is -2.47. The fourth-order valence-electron chi connectivity index (χ4n) is 6.89.